The lowest BCUT2D eigenvalue weighted by molar-refractivity contribution is 0.243. The average Bonchev–Trinajstić information content (AvgIpc) is 2.05. The van der Waals surface area contributed by atoms with E-state index >= 15 is 0 Å². The van der Waals surface area contributed by atoms with Crippen molar-refractivity contribution in [2.75, 3.05) is 26.3 Å². The first-order valence-electron chi connectivity index (χ1n) is 3.69. The Morgan fingerprint density at radius 1 is 1.09 bits per heavy atom. The molecule has 0 saturated heterocycles. The second-order valence-electron chi connectivity index (χ2n) is 2.23. The van der Waals surface area contributed by atoms with Crippen LogP contribution in [0, 0.1) is 0 Å². The van der Waals surface area contributed by atoms with E-state index in [2.05, 4.69) is 0 Å². The van der Waals surface area contributed by atoms with Gasteiger partial charge >= 0.3 is 6.41 Å². The summed E-state index contributed by atoms with van der Waals surface area (Å²) in [6.07, 6.45) is 2.87. The van der Waals surface area contributed by atoms with E-state index in [1.165, 1.54) is 4.90 Å². The molecule has 0 fully saturated rings. The fourth-order valence-corrected chi connectivity index (χ4v) is 0.726. The van der Waals surface area contributed by atoms with Crippen LogP contribution in [-0.4, -0.2) is 47.8 Å². The Morgan fingerprint density at radius 2 is 1.55 bits per heavy atom. The van der Waals surface area contributed by atoms with Gasteiger partial charge in [0.2, 0.25) is 0 Å². The monoisotopic (exact) mass is 160 g/mol. The lowest BCUT2D eigenvalue weighted by atomic mass is 10.3. The normalized spacial score (nSPS) is 9.64. The number of aliphatic hydroxyl groups excluding tert-OH is 2. The van der Waals surface area contributed by atoms with E-state index in [4.69, 9.17) is 10.2 Å². The minimum absolute atomic E-state index is 0.0807. The molecule has 65 valence electrons. The number of carbonyl (C=O) groups excluding carboxylic acids is 1. The molecule has 0 spiro atoms. The number of rotatable bonds is 7. The summed E-state index contributed by atoms with van der Waals surface area (Å²) < 4.78 is 0. The Balaban J connectivity index is 3.33. The van der Waals surface area contributed by atoms with Gasteiger partial charge in [-0.25, -0.2) is 0 Å². The van der Waals surface area contributed by atoms with Crippen LogP contribution in [0.4, 0.5) is 0 Å². The molecule has 0 aromatic heterocycles. The van der Waals surface area contributed by atoms with Gasteiger partial charge in [0.1, 0.15) is 0 Å². The molecule has 1 radical (unpaired) electrons. The van der Waals surface area contributed by atoms with Gasteiger partial charge in [0, 0.05) is 26.3 Å². The number of hydrogen-bond acceptors (Lipinski definition) is 3. The van der Waals surface area contributed by atoms with E-state index in [-0.39, 0.29) is 13.2 Å². The molecule has 0 atom stereocenters. The molecular weight excluding hydrogens is 146 g/mol. The van der Waals surface area contributed by atoms with Crippen LogP contribution in [0.3, 0.4) is 0 Å². The standard InChI is InChI=1S/C7H14NO3/c9-5-1-3-8(7-11)4-2-6-10/h9-10H,1-6H2. The second-order valence-corrected chi connectivity index (χ2v) is 2.23. The molecule has 0 bridgehead atoms. The topological polar surface area (TPSA) is 60.8 Å². The van der Waals surface area contributed by atoms with Gasteiger partial charge in [-0.2, -0.15) is 0 Å². The zero-order valence-electron chi connectivity index (χ0n) is 6.49. The van der Waals surface area contributed by atoms with Crippen molar-refractivity contribution in [3.8, 4) is 0 Å². The predicted molar refractivity (Wildman–Crippen MR) is 40.7 cm³/mol. The van der Waals surface area contributed by atoms with Crippen molar-refractivity contribution in [1.29, 1.82) is 0 Å². The third-order valence-corrected chi connectivity index (χ3v) is 1.30. The summed E-state index contributed by atoms with van der Waals surface area (Å²) >= 11 is 0. The van der Waals surface area contributed by atoms with Crippen molar-refractivity contribution in [2.24, 2.45) is 0 Å². The molecule has 0 saturated carbocycles. The van der Waals surface area contributed by atoms with E-state index in [1.807, 2.05) is 0 Å². The van der Waals surface area contributed by atoms with Gasteiger partial charge in [-0.1, -0.05) is 0 Å². The molecule has 4 nitrogen and oxygen atoms in total. The molecule has 0 aliphatic rings. The first-order chi connectivity index (χ1) is 5.35. The van der Waals surface area contributed by atoms with Crippen LogP contribution in [0.25, 0.3) is 0 Å². The lowest BCUT2D eigenvalue weighted by Gasteiger charge is -2.13. The van der Waals surface area contributed by atoms with Gasteiger partial charge in [0.15, 0.2) is 0 Å². The van der Waals surface area contributed by atoms with E-state index in [0.717, 1.165) is 0 Å². The molecule has 0 rings (SSSR count). The fourth-order valence-electron chi connectivity index (χ4n) is 0.726. The molecule has 0 aliphatic heterocycles. The molecule has 0 aromatic carbocycles. The van der Waals surface area contributed by atoms with Gasteiger partial charge < -0.3 is 15.1 Å². The summed E-state index contributed by atoms with van der Waals surface area (Å²) in [5, 5.41) is 16.9. The highest BCUT2D eigenvalue weighted by molar-refractivity contribution is 5.47. The van der Waals surface area contributed by atoms with E-state index in [9.17, 15) is 4.79 Å². The van der Waals surface area contributed by atoms with Crippen molar-refractivity contribution in [3.63, 3.8) is 0 Å². The third kappa shape index (κ3) is 5.82. The minimum atomic E-state index is 0.0807. The highest BCUT2D eigenvalue weighted by atomic mass is 16.3. The summed E-state index contributed by atoms with van der Waals surface area (Å²) in [6.45, 7) is 1.19. The zero-order chi connectivity index (χ0) is 8.53. The molecular formula is C7H14NO3. The first-order valence-corrected chi connectivity index (χ1v) is 3.69. The quantitative estimate of drug-likeness (QED) is 0.475. The van der Waals surface area contributed by atoms with Crippen LogP contribution < -0.4 is 0 Å². The largest absolute Gasteiger partial charge is 0.396 e. The maximum absolute atomic E-state index is 10.2. The van der Waals surface area contributed by atoms with Crippen LogP contribution in [0.2, 0.25) is 0 Å². The van der Waals surface area contributed by atoms with E-state index < -0.39 is 0 Å². The Bertz CT molecular complexity index is 89.7. The third-order valence-electron chi connectivity index (χ3n) is 1.30. The van der Waals surface area contributed by atoms with Gasteiger partial charge in [-0.15, -0.1) is 0 Å². The van der Waals surface area contributed by atoms with Gasteiger partial charge in [-0.05, 0) is 12.8 Å². The number of hydrogen-bond donors (Lipinski definition) is 2. The van der Waals surface area contributed by atoms with Crippen LogP contribution in [0.5, 0.6) is 0 Å². The Hall–Kier alpha value is -0.610. The molecule has 0 heterocycles. The summed E-state index contributed by atoms with van der Waals surface area (Å²) in [4.78, 5) is 11.6. The van der Waals surface area contributed by atoms with Gasteiger partial charge in [0.25, 0.3) is 0 Å². The first kappa shape index (κ1) is 10.4. The van der Waals surface area contributed by atoms with Crippen molar-refractivity contribution >= 4 is 6.41 Å². The van der Waals surface area contributed by atoms with Crippen LogP contribution >= 0.6 is 0 Å². The summed E-state index contributed by atoms with van der Waals surface area (Å²) in [5.41, 5.74) is 0. The van der Waals surface area contributed by atoms with Gasteiger partial charge in [-0.3, -0.25) is 4.79 Å². The van der Waals surface area contributed by atoms with Crippen LogP contribution in [0.1, 0.15) is 12.8 Å². The summed E-state index contributed by atoms with van der Waals surface area (Å²) in [5.74, 6) is 0. The fraction of sp³-hybridized carbons (Fsp3) is 0.857. The van der Waals surface area contributed by atoms with Crippen molar-refractivity contribution in [2.45, 2.75) is 12.8 Å². The smallest absolute Gasteiger partial charge is 0.312 e. The predicted octanol–water partition coefficient (Wildman–Crippen LogP) is -0.880. The number of aliphatic hydroxyl groups is 2. The van der Waals surface area contributed by atoms with Crippen LogP contribution in [0.15, 0.2) is 0 Å². The van der Waals surface area contributed by atoms with E-state index in [1.54, 1.807) is 6.41 Å². The van der Waals surface area contributed by atoms with Crippen molar-refractivity contribution in [1.82, 2.24) is 4.90 Å². The SMILES string of the molecule is O=[C]N(CCCO)CCCO. The highest BCUT2D eigenvalue weighted by Gasteiger charge is 1.99. The Kier molecular flexibility index (Phi) is 7.08. The average molecular weight is 160 g/mol. The molecule has 1 amide bonds. The summed E-state index contributed by atoms with van der Waals surface area (Å²) in [7, 11) is 0. The van der Waals surface area contributed by atoms with Crippen LogP contribution in [-0.2, 0) is 4.79 Å². The highest BCUT2D eigenvalue weighted by Crippen LogP contribution is 1.89. The van der Waals surface area contributed by atoms with E-state index in [0.29, 0.717) is 25.9 Å². The molecule has 0 aliphatic carbocycles. The molecule has 4 heteroatoms. The Morgan fingerprint density at radius 3 is 1.82 bits per heavy atom. The number of amides is 1. The number of nitrogens with zero attached hydrogens (tertiary/aromatic N) is 1. The maximum atomic E-state index is 10.2. The molecule has 2 N–H and O–H groups in total. The molecule has 11 heavy (non-hydrogen) atoms. The van der Waals surface area contributed by atoms with Crippen molar-refractivity contribution < 1.29 is 15.0 Å². The second kappa shape index (κ2) is 7.50. The minimum Gasteiger partial charge on any atom is -0.396 e. The molecule has 0 aromatic rings. The van der Waals surface area contributed by atoms with Gasteiger partial charge in [0.05, 0.1) is 0 Å². The lowest BCUT2D eigenvalue weighted by Crippen LogP contribution is -2.25. The maximum Gasteiger partial charge on any atom is 0.312 e. The zero-order valence-corrected chi connectivity index (χ0v) is 6.49. The molecule has 0 unspecified atom stereocenters. The Labute approximate surface area is 66.4 Å². The summed E-state index contributed by atoms with van der Waals surface area (Å²) in [6, 6.07) is 0. The van der Waals surface area contributed by atoms with Crippen molar-refractivity contribution in [3.05, 3.63) is 0 Å².